The Morgan fingerprint density at radius 2 is 1.96 bits per heavy atom. The molecule has 3 rings (SSSR count). The molecule has 0 aromatic carbocycles. The number of piperazine rings is 1. The average Bonchev–Trinajstić information content (AvgIpc) is 3.10. The normalized spacial score (nSPS) is 14.9. The molecule has 1 fully saturated rings. The highest BCUT2D eigenvalue weighted by Gasteiger charge is 2.27. The lowest BCUT2D eigenvalue weighted by Crippen LogP contribution is -2.49. The lowest BCUT2D eigenvalue weighted by atomic mass is 10.2. The molecule has 0 radical (unpaired) electrons. The van der Waals surface area contributed by atoms with Gasteiger partial charge in [0.1, 0.15) is 12.1 Å². The summed E-state index contributed by atoms with van der Waals surface area (Å²) in [6.45, 7) is 4.10. The molecule has 0 unspecified atom stereocenters. The number of nitrogens with zero attached hydrogens (tertiary/aromatic N) is 5. The number of hydrogen-bond donors (Lipinski definition) is 0. The molecule has 3 heterocycles. The highest BCUT2D eigenvalue weighted by Crippen LogP contribution is 2.30. The first kappa shape index (κ1) is 17.7. The number of carbonyl (C=O) groups excluding carboxylic acids is 2. The zero-order valence-corrected chi connectivity index (χ0v) is 16.0. The monoisotopic (exact) mass is 409 g/mol. The molecule has 1 aliphatic heterocycles. The maximum atomic E-state index is 12.8. The van der Waals surface area contributed by atoms with Crippen molar-refractivity contribution < 1.29 is 14.4 Å². The van der Waals surface area contributed by atoms with Crippen LogP contribution in [0.1, 0.15) is 17.3 Å². The van der Waals surface area contributed by atoms with Gasteiger partial charge in [-0.15, -0.1) is 0 Å². The third kappa shape index (κ3) is 3.21. The molecule has 9 heteroatoms. The SMILES string of the molecule is CON(C)C(=O)c1cc(Br)c2cncn2c1N1CCN(C(C)=O)CC1. The van der Waals surface area contributed by atoms with Crippen LogP contribution in [0.3, 0.4) is 0 Å². The molecule has 0 bridgehead atoms. The summed E-state index contributed by atoms with van der Waals surface area (Å²) in [5.41, 5.74) is 1.39. The molecule has 0 saturated carbocycles. The summed E-state index contributed by atoms with van der Waals surface area (Å²) in [6.07, 6.45) is 3.43. The van der Waals surface area contributed by atoms with Crippen LogP contribution in [0.2, 0.25) is 0 Å². The van der Waals surface area contributed by atoms with E-state index in [-0.39, 0.29) is 11.8 Å². The van der Waals surface area contributed by atoms with E-state index in [2.05, 4.69) is 25.8 Å². The molecule has 0 spiro atoms. The molecule has 0 aliphatic carbocycles. The van der Waals surface area contributed by atoms with Gasteiger partial charge < -0.3 is 9.80 Å². The molecule has 134 valence electrons. The van der Waals surface area contributed by atoms with Gasteiger partial charge >= 0.3 is 0 Å². The fourth-order valence-electron chi connectivity index (χ4n) is 3.00. The van der Waals surface area contributed by atoms with Crippen LogP contribution < -0.4 is 4.90 Å². The van der Waals surface area contributed by atoms with Crippen LogP contribution in [-0.2, 0) is 9.63 Å². The van der Waals surface area contributed by atoms with Crippen molar-refractivity contribution in [2.24, 2.45) is 0 Å². The van der Waals surface area contributed by atoms with E-state index in [1.807, 2.05) is 9.30 Å². The molecule has 1 aliphatic rings. The van der Waals surface area contributed by atoms with Crippen molar-refractivity contribution in [3.63, 3.8) is 0 Å². The summed E-state index contributed by atoms with van der Waals surface area (Å²) in [6, 6.07) is 1.79. The fourth-order valence-corrected chi connectivity index (χ4v) is 3.52. The van der Waals surface area contributed by atoms with E-state index in [4.69, 9.17) is 4.84 Å². The minimum absolute atomic E-state index is 0.0682. The summed E-state index contributed by atoms with van der Waals surface area (Å²) in [5, 5.41) is 1.19. The van der Waals surface area contributed by atoms with Crippen LogP contribution >= 0.6 is 15.9 Å². The molecule has 0 N–H and O–H groups in total. The van der Waals surface area contributed by atoms with Gasteiger partial charge in [-0.3, -0.25) is 18.8 Å². The van der Waals surface area contributed by atoms with Gasteiger partial charge in [0, 0.05) is 44.6 Å². The lowest BCUT2D eigenvalue weighted by molar-refractivity contribution is -0.129. The summed E-state index contributed by atoms with van der Waals surface area (Å²) < 4.78 is 2.67. The van der Waals surface area contributed by atoms with Crippen LogP contribution in [0, 0.1) is 0 Å². The number of amides is 2. The Labute approximate surface area is 154 Å². The number of anilines is 1. The Hall–Kier alpha value is -2.13. The Balaban J connectivity index is 2.06. The largest absolute Gasteiger partial charge is 0.353 e. The van der Waals surface area contributed by atoms with Gasteiger partial charge in [0.05, 0.1) is 24.4 Å². The first-order chi connectivity index (χ1) is 11.9. The van der Waals surface area contributed by atoms with Gasteiger partial charge in [-0.05, 0) is 22.0 Å². The van der Waals surface area contributed by atoms with E-state index in [1.165, 1.54) is 12.2 Å². The van der Waals surface area contributed by atoms with Crippen LogP contribution in [0.25, 0.3) is 5.52 Å². The van der Waals surface area contributed by atoms with Gasteiger partial charge in [0.15, 0.2) is 0 Å². The van der Waals surface area contributed by atoms with E-state index < -0.39 is 0 Å². The second-order valence-corrected chi connectivity index (χ2v) is 6.71. The van der Waals surface area contributed by atoms with E-state index in [0.717, 1.165) is 15.8 Å². The minimum Gasteiger partial charge on any atom is -0.353 e. The van der Waals surface area contributed by atoms with Crippen molar-refractivity contribution >= 4 is 39.1 Å². The van der Waals surface area contributed by atoms with Gasteiger partial charge in [-0.1, -0.05) is 0 Å². The zero-order valence-electron chi connectivity index (χ0n) is 14.4. The number of fused-ring (bicyclic) bond motifs is 1. The summed E-state index contributed by atoms with van der Waals surface area (Å²) in [5.74, 6) is 0.578. The van der Waals surface area contributed by atoms with Gasteiger partial charge in [0.2, 0.25) is 5.91 Å². The summed E-state index contributed by atoms with van der Waals surface area (Å²) >= 11 is 3.51. The molecular formula is C16H20BrN5O3. The van der Waals surface area contributed by atoms with Crippen LogP contribution in [-0.4, -0.2) is 71.5 Å². The van der Waals surface area contributed by atoms with Gasteiger partial charge in [-0.25, -0.2) is 10.0 Å². The number of carbonyl (C=O) groups is 2. The number of hydrogen-bond acceptors (Lipinski definition) is 5. The van der Waals surface area contributed by atoms with Crippen LogP contribution in [0.15, 0.2) is 23.1 Å². The highest BCUT2D eigenvalue weighted by atomic mass is 79.9. The predicted octanol–water partition coefficient (Wildman–Crippen LogP) is 1.40. The smallest absolute Gasteiger partial charge is 0.280 e. The highest BCUT2D eigenvalue weighted by molar-refractivity contribution is 9.10. The maximum absolute atomic E-state index is 12.8. The molecule has 2 aromatic rings. The second-order valence-electron chi connectivity index (χ2n) is 5.86. The molecule has 2 amide bonds. The number of aromatic nitrogens is 2. The standard InChI is InChI=1S/C16H20BrN5O3/c1-11(23)20-4-6-21(7-5-20)15-12(16(24)19(2)25-3)8-13(17)14-9-18-10-22(14)15/h8-10H,4-7H2,1-3H3. The maximum Gasteiger partial charge on any atom is 0.280 e. The zero-order chi connectivity index (χ0) is 18.1. The van der Waals surface area contributed by atoms with Crippen molar-refractivity contribution in [2.45, 2.75) is 6.92 Å². The van der Waals surface area contributed by atoms with Crippen molar-refractivity contribution in [2.75, 3.05) is 45.2 Å². The average molecular weight is 410 g/mol. The van der Waals surface area contributed by atoms with Crippen LogP contribution in [0.5, 0.6) is 0 Å². The number of rotatable bonds is 3. The molecule has 8 nitrogen and oxygen atoms in total. The Bertz CT molecular complexity index is 813. The Kier molecular flexibility index (Phi) is 4.96. The molecule has 1 saturated heterocycles. The number of halogens is 1. The molecule has 0 atom stereocenters. The Morgan fingerprint density at radius 1 is 1.28 bits per heavy atom. The molecule has 2 aromatic heterocycles. The minimum atomic E-state index is -0.247. The van der Waals surface area contributed by atoms with E-state index in [9.17, 15) is 9.59 Å². The third-order valence-electron chi connectivity index (χ3n) is 4.44. The Morgan fingerprint density at radius 3 is 2.56 bits per heavy atom. The van der Waals surface area contributed by atoms with Crippen molar-refractivity contribution in [3.05, 3.63) is 28.6 Å². The topological polar surface area (TPSA) is 70.4 Å². The molecular weight excluding hydrogens is 390 g/mol. The van der Waals surface area contributed by atoms with E-state index in [0.29, 0.717) is 31.7 Å². The van der Waals surface area contributed by atoms with Crippen LogP contribution in [0.4, 0.5) is 5.82 Å². The number of hydroxylamine groups is 2. The second kappa shape index (κ2) is 7.01. The summed E-state index contributed by atoms with van der Waals surface area (Å²) in [7, 11) is 3.03. The van der Waals surface area contributed by atoms with Crippen molar-refractivity contribution in [1.82, 2.24) is 19.3 Å². The fraction of sp³-hybridized carbons (Fsp3) is 0.438. The first-order valence-corrected chi connectivity index (χ1v) is 8.70. The predicted molar refractivity (Wildman–Crippen MR) is 96.5 cm³/mol. The van der Waals surface area contributed by atoms with E-state index >= 15 is 0 Å². The van der Waals surface area contributed by atoms with Crippen molar-refractivity contribution in [1.29, 1.82) is 0 Å². The lowest BCUT2D eigenvalue weighted by Gasteiger charge is -2.36. The molecule has 25 heavy (non-hydrogen) atoms. The van der Waals surface area contributed by atoms with Gasteiger partial charge in [-0.2, -0.15) is 0 Å². The van der Waals surface area contributed by atoms with E-state index in [1.54, 1.807) is 32.6 Å². The first-order valence-electron chi connectivity index (χ1n) is 7.91. The number of imidazole rings is 1. The third-order valence-corrected chi connectivity index (χ3v) is 5.07. The van der Waals surface area contributed by atoms with Gasteiger partial charge in [0.25, 0.3) is 5.91 Å². The quantitative estimate of drug-likeness (QED) is 0.716. The summed E-state index contributed by atoms with van der Waals surface area (Å²) in [4.78, 5) is 37.5. The number of pyridine rings is 1. The van der Waals surface area contributed by atoms with Crippen molar-refractivity contribution in [3.8, 4) is 0 Å².